The summed E-state index contributed by atoms with van der Waals surface area (Å²) in [7, 11) is 2.14. The van der Waals surface area contributed by atoms with Gasteiger partial charge in [0, 0.05) is 17.3 Å². The number of thiazole rings is 1. The molecule has 0 unspecified atom stereocenters. The Kier molecular flexibility index (Phi) is 4.38. The molecule has 0 radical (unpaired) electrons. The van der Waals surface area contributed by atoms with Crippen molar-refractivity contribution in [3.8, 4) is 0 Å². The lowest BCUT2D eigenvalue weighted by atomic mass is 9.93. The third-order valence-corrected chi connectivity index (χ3v) is 3.85. The fourth-order valence-corrected chi connectivity index (χ4v) is 3.01. The van der Waals surface area contributed by atoms with Gasteiger partial charge in [-0.15, -0.1) is 11.3 Å². The van der Waals surface area contributed by atoms with E-state index in [4.69, 9.17) is 4.98 Å². The molecule has 0 saturated heterocycles. The van der Waals surface area contributed by atoms with Crippen LogP contribution < -0.4 is 0 Å². The van der Waals surface area contributed by atoms with Crippen LogP contribution in [-0.2, 0) is 18.5 Å². The topological polar surface area (TPSA) is 16.1 Å². The van der Waals surface area contributed by atoms with Gasteiger partial charge in [-0.2, -0.15) is 0 Å². The molecule has 1 heterocycles. The van der Waals surface area contributed by atoms with Crippen molar-refractivity contribution in [3.63, 3.8) is 0 Å². The van der Waals surface area contributed by atoms with Gasteiger partial charge in [-0.05, 0) is 12.6 Å². The number of nitrogens with zero attached hydrogens (tertiary/aromatic N) is 2. The highest BCUT2D eigenvalue weighted by Crippen LogP contribution is 2.24. The first-order chi connectivity index (χ1) is 8.95. The van der Waals surface area contributed by atoms with Crippen LogP contribution in [0.1, 0.15) is 37.0 Å². The summed E-state index contributed by atoms with van der Waals surface area (Å²) < 4.78 is 0. The third kappa shape index (κ3) is 4.15. The van der Waals surface area contributed by atoms with Crippen molar-refractivity contribution in [1.82, 2.24) is 9.88 Å². The fraction of sp³-hybridized carbons (Fsp3) is 0.438. The Morgan fingerprint density at radius 2 is 1.79 bits per heavy atom. The summed E-state index contributed by atoms with van der Waals surface area (Å²) in [6.45, 7) is 8.50. The molecule has 3 heteroatoms. The molecule has 2 aromatic rings. The van der Waals surface area contributed by atoms with Crippen molar-refractivity contribution in [2.75, 3.05) is 7.05 Å². The number of hydrogen-bond acceptors (Lipinski definition) is 3. The summed E-state index contributed by atoms with van der Waals surface area (Å²) in [6, 6.07) is 10.6. The minimum atomic E-state index is 0.146. The third-order valence-electron chi connectivity index (χ3n) is 3.02. The molecule has 19 heavy (non-hydrogen) atoms. The fourth-order valence-electron chi connectivity index (χ4n) is 1.91. The molecule has 102 valence electrons. The molecule has 2 rings (SSSR count). The summed E-state index contributed by atoms with van der Waals surface area (Å²) in [5, 5.41) is 3.38. The molecule has 0 N–H and O–H groups in total. The average Bonchev–Trinajstić information content (AvgIpc) is 2.78. The van der Waals surface area contributed by atoms with Gasteiger partial charge in [0.25, 0.3) is 0 Å². The molecule has 0 bridgehead atoms. The van der Waals surface area contributed by atoms with E-state index in [0.717, 1.165) is 13.1 Å². The Hall–Kier alpha value is -1.19. The van der Waals surface area contributed by atoms with Crippen LogP contribution in [0, 0.1) is 0 Å². The molecule has 0 spiro atoms. The maximum atomic E-state index is 4.74. The highest BCUT2D eigenvalue weighted by Gasteiger charge is 2.17. The predicted octanol–water partition coefficient (Wildman–Crippen LogP) is 4.07. The maximum Gasteiger partial charge on any atom is 0.107 e. The van der Waals surface area contributed by atoms with Crippen LogP contribution in [0.4, 0.5) is 0 Å². The van der Waals surface area contributed by atoms with Crippen molar-refractivity contribution < 1.29 is 0 Å². The van der Waals surface area contributed by atoms with Crippen LogP contribution in [0.3, 0.4) is 0 Å². The van der Waals surface area contributed by atoms with Gasteiger partial charge in [0.05, 0.1) is 12.2 Å². The van der Waals surface area contributed by atoms with Crippen LogP contribution >= 0.6 is 11.3 Å². The molecule has 1 aromatic heterocycles. The first-order valence-electron chi connectivity index (χ1n) is 6.62. The second kappa shape index (κ2) is 5.85. The van der Waals surface area contributed by atoms with Gasteiger partial charge in [-0.25, -0.2) is 4.98 Å². The van der Waals surface area contributed by atoms with Crippen molar-refractivity contribution in [3.05, 3.63) is 52.0 Å². The van der Waals surface area contributed by atoms with E-state index < -0.39 is 0 Å². The van der Waals surface area contributed by atoms with E-state index in [1.54, 1.807) is 11.3 Å². The minimum Gasteiger partial charge on any atom is -0.295 e. The standard InChI is InChI=1S/C16H22N2S/c1-16(2,3)14-12-19-15(17-14)11-18(4)10-13-8-6-5-7-9-13/h5-9,12H,10-11H2,1-4H3. The van der Waals surface area contributed by atoms with E-state index >= 15 is 0 Å². The predicted molar refractivity (Wildman–Crippen MR) is 82.4 cm³/mol. The Bertz CT molecular complexity index is 511. The van der Waals surface area contributed by atoms with Crippen LogP contribution in [0.25, 0.3) is 0 Å². The van der Waals surface area contributed by atoms with E-state index in [1.807, 2.05) is 0 Å². The summed E-state index contributed by atoms with van der Waals surface area (Å²) in [5.41, 5.74) is 2.69. The van der Waals surface area contributed by atoms with Gasteiger partial charge in [-0.1, -0.05) is 51.1 Å². The Morgan fingerprint density at radius 1 is 1.11 bits per heavy atom. The second-order valence-electron chi connectivity index (χ2n) is 6.03. The molecule has 0 aliphatic heterocycles. The second-order valence-corrected chi connectivity index (χ2v) is 6.98. The Balaban J connectivity index is 1.96. The van der Waals surface area contributed by atoms with E-state index in [1.165, 1.54) is 16.3 Å². The Morgan fingerprint density at radius 3 is 2.37 bits per heavy atom. The van der Waals surface area contributed by atoms with Crippen molar-refractivity contribution in [2.45, 2.75) is 39.3 Å². The van der Waals surface area contributed by atoms with Gasteiger partial charge in [0.2, 0.25) is 0 Å². The summed E-state index contributed by atoms with van der Waals surface area (Å²) in [5.74, 6) is 0. The zero-order valence-corrected chi connectivity index (χ0v) is 13.0. The molecule has 2 nitrogen and oxygen atoms in total. The SMILES string of the molecule is CN(Cc1ccccc1)Cc1nc(C(C)(C)C)cs1. The molecule has 1 aromatic carbocycles. The van der Waals surface area contributed by atoms with Crippen LogP contribution in [0.2, 0.25) is 0 Å². The monoisotopic (exact) mass is 274 g/mol. The van der Waals surface area contributed by atoms with Gasteiger partial charge >= 0.3 is 0 Å². The molecular formula is C16H22N2S. The van der Waals surface area contributed by atoms with E-state index in [2.05, 4.69) is 68.4 Å². The normalized spacial score (nSPS) is 12.1. The lowest BCUT2D eigenvalue weighted by Crippen LogP contribution is -2.17. The highest BCUT2D eigenvalue weighted by molar-refractivity contribution is 7.09. The van der Waals surface area contributed by atoms with E-state index in [-0.39, 0.29) is 5.41 Å². The molecule has 0 saturated carbocycles. The molecule has 0 fully saturated rings. The first kappa shape index (κ1) is 14.2. The maximum absolute atomic E-state index is 4.74. The van der Waals surface area contributed by atoms with Gasteiger partial charge < -0.3 is 0 Å². The molecule has 0 aliphatic rings. The first-order valence-corrected chi connectivity index (χ1v) is 7.50. The summed E-state index contributed by atoms with van der Waals surface area (Å²) in [4.78, 5) is 7.05. The Labute approximate surface area is 120 Å². The average molecular weight is 274 g/mol. The molecule has 0 atom stereocenters. The molecular weight excluding hydrogens is 252 g/mol. The lowest BCUT2D eigenvalue weighted by Gasteiger charge is -2.16. The highest BCUT2D eigenvalue weighted by atomic mass is 32.1. The van der Waals surface area contributed by atoms with E-state index in [9.17, 15) is 0 Å². The van der Waals surface area contributed by atoms with E-state index in [0.29, 0.717) is 0 Å². The lowest BCUT2D eigenvalue weighted by molar-refractivity contribution is 0.318. The van der Waals surface area contributed by atoms with Gasteiger partial charge in [0.1, 0.15) is 5.01 Å². The number of rotatable bonds is 4. The van der Waals surface area contributed by atoms with Crippen LogP contribution in [0.5, 0.6) is 0 Å². The smallest absolute Gasteiger partial charge is 0.107 e. The van der Waals surface area contributed by atoms with Crippen molar-refractivity contribution in [2.24, 2.45) is 0 Å². The van der Waals surface area contributed by atoms with Crippen LogP contribution in [-0.4, -0.2) is 16.9 Å². The number of aromatic nitrogens is 1. The molecule has 0 aliphatic carbocycles. The summed E-state index contributed by atoms with van der Waals surface area (Å²) >= 11 is 1.76. The minimum absolute atomic E-state index is 0.146. The largest absolute Gasteiger partial charge is 0.295 e. The summed E-state index contributed by atoms with van der Waals surface area (Å²) in [6.07, 6.45) is 0. The van der Waals surface area contributed by atoms with Crippen LogP contribution in [0.15, 0.2) is 35.7 Å². The zero-order valence-electron chi connectivity index (χ0n) is 12.2. The van der Waals surface area contributed by atoms with Gasteiger partial charge in [-0.3, -0.25) is 4.90 Å². The van der Waals surface area contributed by atoms with Crippen molar-refractivity contribution in [1.29, 1.82) is 0 Å². The number of benzene rings is 1. The van der Waals surface area contributed by atoms with Crippen molar-refractivity contribution >= 4 is 11.3 Å². The van der Waals surface area contributed by atoms with Gasteiger partial charge in [0.15, 0.2) is 0 Å². The zero-order chi connectivity index (χ0) is 13.9. The number of hydrogen-bond donors (Lipinski definition) is 0. The quantitative estimate of drug-likeness (QED) is 0.835. The molecule has 0 amide bonds.